The van der Waals surface area contributed by atoms with E-state index in [0.717, 1.165) is 36.9 Å². The molecule has 1 unspecified atom stereocenters. The summed E-state index contributed by atoms with van der Waals surface area (Å²) in [6, 6.07) is 5.63. The third-order valence-electron chi connectivity index (χ3n) is 3.79. The molecule has 1 fully saturated rings. The Morgan fingerprint density at radius 3 is 2.90 bits per heavy atom. The summed E-state index contributed by atoms with van der Waals surface area (Å²) in [5.41, 5.74) is 0.653. The monoisotopic (exact) mass is 358 g/mol. The van der Waals surface area contributed by atoms with Gasteiger partial charge in [0.25, 0.3) is 5.91 Å². The molecule has 0 aliphatic carbocycles. The van der Waals surface area contributed by atoms with Crippen LogP contribution in [0, 0.1) is 0 Å². The van der Waals surface area contributed by atoms with Gasteiger partial charge in [-0.25, -0.2) is 0 Å². The molecule has 2 rings (SSSR count). The van der Waals surface area contributed by atoms with Crippen LogP contribution in [0.15, 0.2) is 22.7 Å². The fourth-order valence-electron chi connectivity index (χ4n) is 2.68. The number of likely N-dealkylation sites (N-methyl/N-ethyl adjacent to an activating group) is 1. The Kier molecular flexibility index (Phi) is 5.47. The van der Waals surface area contributed by atoms with E-state index in [1.165, 1.54) is 0 Å². The maximum atomic E-state index is 12.8. The molecule has 3 nitrogen and oxygen atoms in total. The third-order valence-corrected chi connectivity index (χ3v) is 4.72. The molecule has 1 atom stereocenters. The molecule has 1 saturated heterocycles. The molecule has 1 aliphatic heterocycles. The molecular formula is C15H20BrClN2O. The Bertz CT molecular complexity index is 495. The van der Waals surface area contributed by atoms with Crippen LogP contribution in [0.5, 0.6) is 0 Å². The minimum absolute atomic E-state index is 0.0709. The summed E-state index contributed by atoms with van der Waals surface area (Å²) in [7, 11) is 2.12. The minimum atomic E-state index is 0.0709. The lowest BCUT2D eigenvalue weighted by Gasteiger charge is -2.30. The van der Waals surface area contributed by atoms with E-state index in [0.29, 0.717) is 10.6 Å². The van der Waals surface area contributed by atoms with Crippen molar-refractivity contribution in [2.24, 2.45) is 0 Å². The van der Waals surface area contributed by atoms with Gasteiger partial charge in [0.1, 0.15) is 0 Å². The van der Waals surface area contributed by atoms with Crippen LogP contribution in [0.25, 0.3) is 0 Å². The lowest BCUT2D eigenvalue weighted by atomic mass is 10.1. The van der Waals surface area contributed by atoms with Crippen molar-refractivity contribution in [1.29, 1.82) is 0 Å². The molecule has 1 aliphatic rings. The number of amides is 1. The normalized spacial score (nSPS) is 20.8. The number of carbonyl (C=O) groups is 1. The lowest BCUT2D eigenvalue weighted by molar-refractivity contribution is 0.0675. The van der Waals surface area contributed by atoms with Gasteiger partial charge in [0.05, 0.1) is 5.56 Å². The summed E-state index contributed by atoms with van der Waals surface area (Å²) in [4.78, 5) is 17.1. The van der Waals surface area contributed by atoms with Gasteiger partial charge in [-0.1, -0.05) is 18.5 Å². The van der Waals surface area contributed by atoms with Crippen LogP contribution >= 0.6 is 27.5 Å². The van der Waals surface area contributed by atoms with E-state index in [9.17, 15) is 4.79 Å². The summed E-state index contributed by atoms with van der Waals surface area (Å²) in [6.45, 7) is 4.91. The molecule has 110 valence electrons. The molecule has 1 aromatic carbocycles. The van der Waals surface area contributed by atoms with Crippen LogP contribution in [0.1, 0.15) is 30.1 Å². The first-order valence-electron chi connectivity index (χ1n) is 6.97. The van der Waals surface area contributed by atoms with Gasteiger partial charge in [-0.3, -0.25) is 4.79 Å². The van der Waals surface area contributed by atoms with E-state index in [1.54, 1.807) is 12.1 Å². The molecular weight excluding hydrogens is 340 g/mol. The van der Waals surface area contributed by atoms with Crippen molar-refractivity contribution < 1.29 is 4.79 Å². The van der Waals surface area contributed by atoms with Crippen molar-refractivity contribution in [1.82, 2.24) is 9.80 Å². The van der Waals surface area contributed by atoms with Crippen molar-refractivity contribution in [2.75, 3.05) is 26.7 Å². The second kappa shape index (κ2) is 6.92. The van der Waals surface area contributed by atoms with Gasteiger partial charge in [0.15, 0.2) is 0 Å². The van der Waals surface area contributed by atoms with E-state index in [2.05, 4.69) is 34.8 Å². The number of benzene rings is 1. The Balaban J connectivity index is 2.27. The number of rotatable bonds is 2. The van der Waals surface area contributed by atoms with Gasteiger partial charge in [-0.15, -0.1) is 0 Å². The summed E-state index contributed by atoms with van der Waals surface area (Å²) in [5.74, 6) is 0.0709. The molecule has 0 aromatic heterocycles. The van der Waals surface area contributed by atoms with Gasteiger partial charge in [-0.2, -0.15) is 0 Å². The van der Waals surface area contributed by atoms with Crippen LogP contribution in [-0.4, -0.2) is 48.4 Å². The van der Waals surface area contributed by atoms with Gasteiger partial charge in [0, 0.05) is 28.6 Å². The minimum Gasteiger partial charge on any atom is -0.334 e. The molecule has 0 bridgehead atoms. The first-order valence-corrected chi connectivity index (χ1v) is 8.14. The van der Waals surface area contributed by atoms with Crippen LogP contribution in [0.3, 0.4) is 0 Å². The average molecular weight is 360 g/mol. The predicted molar refractivity (Wildman–Crippen MR) is 86.4 cm³/mol. The first kappa shape index (κ1) is 15.8. The molecule has 5 heteroatoms. The molecule has 0 saturated carbocycles. The van der Waals surface area contributed by atoms with Crippen molar-refractivity contribution in [2.45, 2.75) is 25.8 Å². The highest BCUT2D eigenvalue weighted by Gasteiger charge is 2.27. The summed E-state index contributed by atoms with van der Waals surface area (Å²) < 4.78 is 0.805. The SMILES string of the molecule is CCC1CN(C)CCCN1C(=O)c1cc(Cl)ccc1Br. The number of hydrogen-bond donors (Lipinski definition) is 0. The standard InChI is InChI=1S/C15H20BrClN2O/c1-3-12-10-18(2)7-4-8-19(12)15(20)13-9-11(17)5-6-14(13)16/h5-6,9,12H,3-4,7-8,10H2,1-2H3. The number of halogens is 2. The van der Waals surface area contributed by atoms with E-state index in [4.69, 9.17) is 11.6 Å². The molecule has 1 aromatic rings. The summed E-state index contributed by atoms with van der Waals surface area (Å²) in [6.07, 6.45) is 1.98. The maximum absolute atomic E-state index is 12.8. The molecule has 20 heavy (non-hydrogen) atoms. The largest absolute Gasteiger partial charge is 0.334 e. The zero-order valence-corrected chi connectivity index (χ0v) is 14.2. The Morgan fingerprint density at radius 1 is 1.45 bits per heavy atom. The average Bonchev–Trinajstić information content (AvgIpc) is 2.62. The van der Waals surface area contributed by atoms with Gasteiger partial charge in [-0.05, 0) is 60.6 Å². The molecule has 0 radical (unpaired) electrons. The van der Waals surface area contributed by atoms with Gasteiger partial charge >= 0.3 is 0 Å². The zero-order chi connectivity index (χ0) is 14.7. The maximum Gasteiger partial charge on any atom is 0.255 e. The summed E-state index contributed by atoms with van der Waals surface area (Å²) in [5, 5.41) is 0.594. The molecule has 1 heterocycles. The highest BCUT2D eigenvalue weighted by Crippen LogP contribution is 2.24. The predicted octanol–water partition coefficient (Wildman–Crippen LogP) is 3.66. The van der Waals surface area contributed by atoms with Crippen molar-refractivity contribution in [3.63, 3.8) is 0 Å². The number of nitrogens with zero attached hydrogens (tertiary/aromatic N) is 2. The fourth-order valence-corrected chi connectivity index (χ4v) is 3.26. The lowest BCUT2D eigenvalue weighted by Crippen LogP contribution is -2.43. The van der Waals surface area contributed by atoms with Crippen LogP contribution in [0.2, 0.25) is 5.02 Å². The van der Waals surface area contributed by atoms with E-state index in [1.807, 2.05) is 11.0 Å². The number of hydrogen-bond acceptors (Lipinski definition) is 2. The second-order valence-corrected chi connectivity index (χ2v) is 6.59. The van der Waals surface area contributed by atoms with Crippen molar-refractivity contribution in [3.05, 3.63) is 33.3 Å². The summed E-state index contributed by atoms with van der Waals surface area (Å²) >= 11 is 9.48. The topological polar surface area (TPSA) is 23.6 Å². The van der Waals surface area contributed by atoms with Gasteiger partial charge in [0.2, 0.25) is 0 Å². The molecule has 0 spiro atoms. The van der Waals surface area contributed by atoms with Crippen molar-refractivity contribution >= 4 is 33.4 Å². The van der Waals surface area contributed by atoms with Gasteiger partial charge < -0.3 is 9.80 Å². The number of carbonyl (C=O) groups excluding carboxylic acids is 1. The molecule has 0 N–H and O–H groups in total. The van der Waals surface area contributed by atoms with E-state index in [-0.39, 0.29) is 11.9 Å². The van der Waals surface area contributed by atoms with Crippen LogP contribution in [0.4, 0.5) is 0 Å². The van der Waals surface area contributed by atoms with E-state index >= 15 is 0 Å². The quantitative estimate of drug-likeness (QED) is 0.804. The van der Waals surface area contributed by atoms with Crippen LogP contribution in [-0.2, 0) is 0 Å². The zero-order valence-electron chi connectivity index (χ0n) is 11.9. The Morgan fingerprint density at radius 2 is 2.20 bits per heavy atom. The Labute approximate surface area is 134 Å². The van der Waals surface area contributed by atoms with E-state index < -0.39 is 0 Å². The highest BCUT2D eigenvalue weighted by molar-refractivity contribution is 9.10. The van der Waals surface area contributed by atoms with Crippen molar-refractivity contribution in [3.8, 4) is 0 Å². The smallest absolute Gasteiger partial charge is 0.255 e. The Hall–Kier alpha value is -0.580. The molecule has 1 amide bonds. The fraction of sp³-hybridized carbons (Fsp3) is 0.533. The second-order valence-electron chi connectivity index (χ2n) is 5.30. The third kappa shape index (κ3) is 3.54. The van der Waals surface area contributed by atoms with Crippen LogP contribution < -0.4 is 0 Å². The highest BCUT2D eigenvalue weighted by atomic mass is 79.9. The first-order chi connectivity index (χ1) is 9.52.